The third-order valence-electron chi connectivity index (χ3n) is 7.33. The van der Waals surface area contributed by atoms with Gasteiger partial charge < -0.3 is 19.5 Å². The summed E-state index contributed by atoms with van der Waals surface area (Å²) in [5.74, 6) is 0.158. The molecule has 4 aromatic rings. The lowest BCUT2D eigenvalue weighted by Gasteiger charge is -2.37. The second kappa shape index (κ2) is 14.7. The topological polar surface area (TPSA) is 77.1 Å². The summed E-state index contributed by atoms with van der Waals surface area (Å²) < 4.78 is 5.35. The number of likely N-dealkylation sites (N-methyl/N-ethyl adjacent to an activating group) is 1. The van der Waals surface area contributed by atoms with Gasteiger partial charge in [-0.3, -0.25) is 9.69 Å². The summed E-state index contributed by atoms with van der Waals surface area (Å²) in [7, 11) is 0. The van der Waals surface area contributed by atoms with Gasteiger partial charge in [-0.05, 0) is 71.5 Å². The Hall–Kier alpha value is -3.39. The van der Waals surface area contributed by atoms with Gasteiger partial charge in [-0.15, -0.1) is 12.4 Å². The van der Waals surface area contributed by atoms with Crippen molar-refractivity contribution in [1.82, 2.24) is 4.90 Å². The minimum Gasteiger partial charge on any atom is -0.507 e. The number of phenols is 2. The van der Waals surface area contributed by atoms with E-state index in [2.05, 4.69) is 79.1 Å². The molecule has 0 saturated heterocycles. The molecular weight excluding hydrogens is 568 g/mol. The van der Waals surface area contributed by atoms with E-state index in [4.69, 9.17) is 4.42 Å². The number of aromatic hydroxyl groups is 2. The lowest BCUT2D eigenvalue weighted by Crippen LogP contribution is -2.41. The van der Waals surface area contributed by atoms with Gasteiger partial charge in [-0.2, -0.15) is 0 Å². The zero-order valence-corrected chi connectivity index (χ0v) is 26.8. The van der Waals surface area contributed by atoms with Crippen LogP contribution in [0.4, 0.5) is 11.4 Å². The van der Waals surface area contributed by atoms with E-state index < -0.39 is 0 Å². The van der Waals surface area contributed by atoms with E-state index in [9.17, 15) is 15.0 Å². The third kappa shape index (κ3) is 7.33. The summed E-state index contributed by atoms with van der Waals surface area (Å²) in [6, 6.07) is 20.7. The Balaban J connectivity index is 0.000000228. The van der Waals surface area contributed by atoms with Crippen LogP contribution in [-0.4, -0.2) is 40.8 Å². The molecule has 1 aliphatic heterocycles. The molecule has 0 spiro atoms. The van der Waals surface area contributed by atoms with Gasteiger partial charge >= 0.3 is 0 Å². The Kier molecular flexibility index (Phi) is 11.6. The lowest BCUT2D eigenvalue weighted by molar-refractivity contribution is 0.236. The highest BCUT2D eigenvalue weighted by Gasteiger charge is 2.25. The molecule has 1 aromatic heterocycles. The predicted molar refractivity (Wildman–Crippen MR) is 177 cm³/mol. The predicted octanol–water partition coefficient (Wildman–Crippen LogP) is 8.46. The van der Waals surface area contributed by atoms with Crippen molar-refractivity contribution in [1.29, 1.82) is 0 Å². The highest BCUT2D eigenvalue weighted by atomic mass is 35.5. The van der Waals surface area contributed by atoms with Gasteiger partial charge in [0.15, 0.2) is 5.43 Å². The number of benzene rings is 3. The number of fused-ring (bicyclic) bond motifs is 3. The molecule has 1 atom stereocenters. The number of nitrogens with zero attached hydrogens (tertiary/aromatic N) is 2. The highest BCUT2D eigenvalue weighted by molar-refractivity contribution is 7.99. The number of halogens is 1. The molecule has 2 N–H and O–H groups in total. The maximum atomic E-state index is 11.9. The molecule has 6 nitrogen and oxygen atoms in total. The van der Waals surface area contributed by atoms with Crippen LogP contribution in [-0.2, 0) is 6.42 Å². The molecule has 224 valence electrons. The Morgan fingerprint density at radius 1 is 1.00 bits per heavy atom. The van der Waals surface area contributed by atoms with Crippen LogP contribution >= 0.6 is 24.2 Å². The van der Waals surface area contributed by atoms with Crippen molar-refractivity contribution in [3.63, 3.8) is 0 Å². The fraction of sp³-hybridized carbons (Fsp3) is 0.324. The van der Waals surface area contributed by atoms with Gasteiger partial charge in [0.25, 0.3) is 0 Å². The molecule has 3 aromatic carbocycles. The van der Waals surface area contributed by atoms with Gasteiger partial charge in [-0.1, -0.05) is 61.5 Å². The lowest BCUT2D eigenvalue weighted by atomic mass is 10.0. The molecule has 1 unspecified atom stereocenters. The van der Waals surface area contributed by atoms with Crippen LogP contribution < -0.4 is 10.3 Å². The number of allylic oxidation sites excluding steroid dienone is 2. The Morgan fingerprint density at radius 3 is 2.12 bits per heavy atom. The van der Waals surface area contributed by atoms with Gasteiger partial charge in [0, 0.05) is 40.1 Å². The minimum atomic E-state index is -0.310. The van der Waals surface area contributed by atoms with E-state index in [1.165, 1.54) is 33.3 Å². The van der Waals surface area contributed by atoms with Crippen molar-refractivity contribution in [2.24, 2.45) is 0 Å². The number of phenolic OH excluding ortho intramolecular Hbond substituents is 2. The maximum absolute atomic E-state index is 11.9. The van der Waals surface area contributed by atoms with Gasteiger partial charge in [0.1, 0.15) is 28.2 Å². The molecule has 0 fully saturated rings. The fourth-order valence-corrected chi connectivity index (χ4v) is 6.26. The number of aryl methyl sites for hydroxylation is 1. The normalized spacial score (nSPS) is 12.5. The molecule has 8 heteroatoms. The molecule has 0 bridgehead atoms. The Morgan fingerprint density at radius 2 is 1.57 bits per heavy atom. The summed E-state index contributed by atoms with van der Waals surface area (Å²) in [6.45, 7) is 15.5. The molecule has 0 aliphatic carbocycles. The second-order valence-corrected chi connectivity index (χ2v) is 11.6. The van der Waals surface area contributed by atoms with Gasteiger partial charge in [0.2, 0.25) is 0 Å². The van der Waals surface area contributed by atoms with Crippen molar-refractivity contribution in [2.45, 2.75) is 63.8 Å². The minimum absolute atomic E-state index is 0. The van der Waals surface area contributed by atoms with Crippen molar-refractivity contribution in [3.05, 3.63) is 93.9 Å². The first-order chi connectivity index (χ1) is 19.6. The number of anilines is 2. The van der Waals surface area contributed by atoms with Crippen LogP contribution in [0.3, 0.4) is 0 Å². The van der Waals surface area contributed by atoms with Crippen molar-refractivity contribution in [3.8, 4) is 11.5 Å². The molecule has 1 aliphatic rings. The first kappa shape index (κ1) is 33.1. The summed E-state index contributed by atoms with van der Waals surface area (Å²) in [4.78, 5) is 19.6. The van der Waals surface area contributed by atoms with Gasteiger partial charge in [0.05, 0.1) is 11.4 Å². The number of hydrogen-bond acceptors (Lipinski definition) is 7. The average molecular weight is 609 g/mol. The van der Waals surface area contributed by atoms with Crippen molar-refractivity contribution >= 4 is 46.5 Å². The summed E-state index contributed by atoms with van der Waals surface area (Å²) in [5, 5.41) is 20.2. The maximum Gasteiger partial charge on any atom is 0.196 e. The first-order valence-electron chi connectivity index (χ1n) is 14.1. The van der Waals surface area contributed by atoms with Crippen LogP contribution in [0.25, 0.3) is 11.0 Å². The highest BCUT2D eigenvalue weighted by Crippen LogP contribution is 2.47. The second-order valence-electron chi connectivity index (χ2n) is 10.5. The number of para-hydroxylation sites is 2. The van der Waals surface area contributed by atoms with Crippen LogP contribution in [0.15, 0.2) is 91.3 Å². The first-order valence-corrected chi connectivity index (χ1v) is 14.9. The average Bonchev–Trinajstić information content (AvgIpc) is 2.93. The Labute approximate surface area is 259 Å². The molecule has 0 saturated carbocycles. The van der Waals surface area contributed by atoms with Crippen molar-refractivity contribution < 1.29 is 14.6 Å². The van der Waals surface area contributed by atoms with Crippen LogP contribution in [0, 0.1) is 6.92 Å². The standard InChI is InChI=1S/C19H24N2S.C15H16O4.ClH/c1-4-20(5-2)15(3)14-21-16-10-6-8-12-18(16)22-19-13-9-7-11-17(19)21;1-8(2)4-5-10-11(16)7-13-14(15(10)18)12(17)6-9(3)19-13;/h6-13,15H,4-5,14H2,1-3H3;4,6-7,16,18H,5H2,1-3H3;1H. The quantitative estimate of drug-likeness (QED) is 0.204. The van der Waals surface area contributed by atoms with E-state index in [0.717, 1.165) is 25.2 Å². The fourth-order valence-electron chi connectivity index (χ4n) is 5.16. The summed E-state index contributed by atoms with van der Waals surface area (Å²) >= 11 is 1.88. The van der Waals surface area contributed by atoms with Crippen molar-refractivity contribution in [2.75, 3.05) is 24.5 Å². The zero-order valence-electron chi connectivity index (χ0n) is 25.2. The van der Waals surface area contributed by atoms with E-state index in [0.29, 0.717) is 23.8 Å². The molecule has 0 radical (unpaired) electrons. The van der Waals surface area contributed by atoms with Crippen LogP contribution in [0.5, 0.6) is 11.5 Å². The molecule has 5 rings (SSSR count). The van der Waals surface area contributed by atoms with E-state index in [1.807, 2.05) is 31.7 Å². The van der Waals surface area contributed by atoms with E-state index in [-0.39, 0.29) is 40.3 Å². The van der Waals surface area contributed by atoms with Crippen LogP contribution in [0.1, 0.15) is 45.9 Å². The smallest absolute Gasteiger partial charge is 0.196 e. The molecule has 2 heterocycles. The molecule has 42 heavy (non-hydrogen) atoms. The van der Waals surface area contributed by atoms with E-state index >= 15 is 0 Å². The zero-order chi connectivity index (χ0) is 29.7. The SMILES string of the molecule is CC(C)=CCc1c(O)cc2oc(C)cc(=O)c2c1O.CCN(CC)C(C)CN1c2ccccc2Sc2ccccc21.Cl. The molecule has 0 amide bonds. The molecular formula is C34H41ClN2O4S. The van der Waals surface area contributed by atoms with Crippen LogP contribution in [0.2, 0.25) is 0 Å². The summed E-state index contributed by atoms with van der Waals surface area (Å²) in [6.07, 6.45) is 2.24. The monoisotopic (exact) mass is 608 g/mol. The Bertz CT molecular complexity index is 1560. The number of rotatable bonds is 7. The largest absolute Gasteiger partial charge is 0.507 e. The van der Waals surface area contributed by atoms with Gasteiger partial charge in [-0.25, -0.2) is 0 Å². The van der Waals surface area contributed by atoms with E-state index in [1.54, 1.807) is 6.92 Å². The number of hydrogen-bond donors (Lipinski definition) is 2. The summed E-state index contributed by atoms with van der Waals surface area (Å²) in [5.41, 5.74) is 3.96. The third-order valence-corrected chi connectivity index (χ3v) is 8.46.